The van der Waals surface area contributed by atoms with Gasteiger partial charge in [0.1, 0.15) is 0 Å². The summed E-state index contributed by atoms with van der Waals surface area (Å²) in [5, 5.41) is 12.0. The van der Waals surface area contributed by atoms with Gasteiger partial charge in [-0.25, -0.2) is 4.57 Å². The van der Waals surface area contributed by atoms with Gasteiger partial charge in [-0.15, -0.1) is 0 Å². The van der Waals surface area contributed by atoms with E-state index in [1.807, 2.05) is 0 Å². The van der Waals surface area contributed by atoms with Crippen LogP contribution in [0.4, 0.5) is 0 Å². The van der Waals surface area contributed by atoms with Crippen LogP contribution >= 0.6 is 15.6 Å². The zero-order valence-electron chi connectivity index (χ0n) is 27.1. The van der Waals surface area contributed by atoms with Crippen LogP contribution in [-0.4, -0.2) is 39.3 Å². The summed E-state index contributed by atoms with van der Waals surface area (Å²) in [6, 6.07) is 0. The van der Waals surface area contributed by atoms with E-state index in [-0.39, 0.29) is 77.9 Å². The van der Waals surface area contributed by atoms with Crippen molar-refractivity contribution in [2.75, 3.05) is 6.54 Å². The van der Waals surface area contributed by atoms with Gasteiger partial charge in [0, 0.05) is 6.54 Å². The van der Waals surface area contributed by atoms with Gasteiger partial charge < -0.3 is 34.2 Å². The summed E-state index contributed by atoms with van der Waals surface area (Å²) in [6.07, 6.45) is 17.4. The quantitative estimate of drug-likeness (QED) is 0.0344. The summed E-state index contributed by atoms with van der Waals surface area (Å²) in [4.78, 5) is 43.5. The Labute approximate surface area is 300 Å². The fourth-order valence-corrected chi connectivity index (χ4v) is 5.94. The van der Waals surface area contributed by atoms with Crippen molar-refractivity contribution in [3.63, 3.8) is 0 Å². The van der Waals surface area contributed by atoms with E-state index in [1.54, 1.807) is 0 Å². The minimum absolute atomic E-state index is 0. The summed E-state index contributed by atoms with van der Waals surface area (Å²) in [6.45, 7) is 4.92. The maximum absolute atomic E-state index is 12.0. The third-order valence-electron chi connectivity index (χ3n) is 6.98. The SMILES string of the molecule is CCCCCCCCCCN=C([O-])CCCCCCCC(OP(=O)(O)O)C(CCCCCCCC)OP(=O)([O-])O.[Na+].[Na+]. The van der Waals surface area contributed by atoms with E-state index in [1.165, 1.54) is 38.5 Å². The smallest absolute Gasteiger partial charge is 0.862 e. The Morgan fingerprint density at radius 2 is 1.02 bits per heavy atom. The first-order chi connectivity index (χ1) is 19.0. The van der Waals surface area contributed by atoms with Gasteiger partial charge >= 0.3 is 66.9 Å². The Balaban J connectivity index is -0.00000760. The van der Waals surface area contributed by atoms with Gasteiger partial charge in [-0.1, -0.05) is 123 Å². The second kappa shape index (κ2) is 31.3. The number of unbranched alkanes of at least 4 members (excludes halogenated alkanes) is 16. The first-order valence-corrected chi connectivity index (χ1v) is 18.7. The van der Waals surface area contributed by atoms with Crippen molar-refractivity contribution in [1.82, 2.24) is 0 Å². The van der Waals surface area contributed by atoms with Crippen LogP contribution < -0.4 is 69.1 Å². The number of hydrogen-bond donors (Lipinski definition) is 3. The van der Waals surface area contributed by atoms with Crippen LogP contribution in [0.25, 0.3) is 0 Å². The Hall–Kier alpha value is 1.69. The molecule has 0 spiro atoms. The molecule has 3 N–H and O–H groups in total. The third-order valence-corrected chi connectivity index (χ3v) is 8.06. The zero-order valence-corrected chi connectivity index (χ0v) is 32.8. The second-order valence-corrected chi connectivity index (χ2v) is 13.2. The van der Waals surface area contributed by atoms with Gasteiger partial charge in [-0.3, -0.25) is 9.09 Å². The molecule has 3 unspecified atom stereocenters. The molecule has 240 valence electrons. The number of phosphoric acid groups is 2. The second-order valence-electron chi connectivity index (χ2n) is 10.9. The fourth-order valence-electron chi connectivity index (χ4n) is 4.77. The standard InChI is InChI=1S/C28H59NO9P2.2Na/c1-3-5-7-9-11-12-17-21-25-29-28(30)24-20-16-13-15-19-23-27(38-40(34,35)36)26(37-39(31,32)33)22-18-14-10-8-6-4-2;;/h26-27H,3-25H2,1-2H3,(H,29,30)(H2,31,32,33)(H2,34,35,36);;/q;2*+1/p-2. The van der Waals surface area contributed by atoms with E-state index in [0.29, 0.717) is 25.8 Å². The van der Waals surface area contributed by atoms with Crippen LogP contribution in [0.2, 0.25) is 0 Å². The average molecular weight is 660 g/mol. The van der Waals surface area contributed by atoms with Gasteiger partial charge in [0.2, 0.25) is 0 Å². The molecule has 0 radical (unpaired) electrons. The van der Waals surface area contributed by atoms with Crippen LogP contribution in [0, 0.1) is 0 Å². The summed E-state index contributed by atoms with van der Waals surface area (Å²) in [7, 11) is -10.0. The number of nitrogens with zero attached hydrogens (tertiary/aromatic N) is 1. The molecule has 0 aromatic rings. The maximum atomic E-state index is 12.0. The molecule has 0 saturated heterocycles. The van der Waals surface area contributed by atoms with Crippen molar-refractivity contribution in [3.8, 4) is 0 Å². The van der Waals surface area contributed by atoms with Gasteiger partial charge in [0.25, 0.3) is 7.82 Å². The first-order valence-electron chi connectivity index (χ1n) is 15.6. The molecule has 0 saturated carbocycles. The molecule has 0 amide bonds. The van der Waals surface area contributed by atoms with E-state index in [9.17, 15) is 33.8 Å². The van der Waals surface area contributed by atoms with Crippen LogP contribution in [0.3, 0.4) is 0 Å². The van der Waals surface area contributed by atoms with Crippen molar-refractivity contribution >= 4 is 21.5 Å². The summed E-state index contributed by atoms with van der Waals surface area (Å²) in [5.74, 6) is -0.0567. The van der Waals surface area contributed by atoms with Gasteiger partial charge in [0.15, 0.2) is 0 Å². The molecule has 0 aliphatic heterocycles. The van der Waals surface area contributed by atoms with E-state index in [4.69, 9.17) is 9.05 Å². The molecular formula is C28H57NNa2O9P2. The van der Waals surface area contributed by atoms with Crippen molar-refractivity contribution in [3.05, 3.63) is 0 Å². The molecule has 42 heavy (non-hydrogen) atoms. The molecule has 10 nitrogen and oxygen atoms in total. The molecular weight excluding hydrogens is 602 g/mol. The summed E-state index contributed by atoms with van der Waals surface area (Å²) < 4.78 is 32.7. The molecule has 0 aromatic carbocycles. The first kappa shape index (κ1) is 48.1. The molecule has 0 fully saturated rings. The maximum Gasteiger partial charge on any atom is 1.00 e. The van der Waals surface area contributed by atoms with Crippen molar-refractivity contribution in [2.24, 2.45) is 4.99 Å². The van der Waals surface area contributed by atoms with Crippen LogP contribution in [-0.2, 0) is 18.2 Å². The van der Waals surface area contributed by atoms with Gasteiger partial charge in [-0.2, -0.15) is 0 Å². The number of rotatable bonds is 29. The van der Waals surface area contributed by atoms with Crippen molar-refractivity contribution in [1.29, 1.82) is 0 Å². The summed E-state index contributed by atoms with van der Waals surface area (Å²) in [5.41, 5.74) is 0. The molecule has 3 atom stereocenters. The molecule has 0 aliphatic carbocycles. The van der Waals surface area contributed by atoms with E-state index >= 15 is 0 Å². The van der Waals surface area contributed by atoms with Gasteiger partial charge in [-0.05, 0) is 38.0 Å². The van der Waals surface area contributed by atoms with Crippen molar-refractivity contribution < 1.29 is 102 Å². The third kappa shape index (κ3) is 34.6. The van der Waals surface area contributed by atoms with E-state index in [0.717, 1.165) is 70.6 Å². The Bertz CT molecular complexity index is 723. The molecule has 14 heteroatoms. The minimum atomic E-state index is -5.11. The number of hydrogen-bond acceptors (Lipinski definition) is 7. The van der Waals surface area contributed by atoms with Crippen LogP contribution in [0.15, 0.2) is 4.99 Å². The fraction of sp³-hybridized carbons (Fsp3) is 0.964. The molecule has 0 aliphatic rings. The van der Waals surface area contributed by atoms with E-state index < -0.39 is 27.9 Å². The average Bonchev–Trinajstić information content (AvgIpc) is 2.86. The number of phosphoric ester groups is 2. The molecule has 0 aromatic heterocycles. The van der Waals surface area contributed by atoms with E-state index in [2.05, 4.69) is 18.8 Å². The summed E-state index contributed by atoms with van der Waals surface area (Å²) >= 11 is 0. The normalized spacial score (nSPS) is 15.0. The van der Waals surface area contributed by atoms with Crippen LogP contribution in [0.5, 0.6) is 0 Å². The van der Waals surface area contributed by atoms with Crippen LogP contribution in [0.1, 0.15) is 155 Å². The molecule has 0 bridgehead atoms. The van der Waals surface area contributed by atoms with Gasteiger partial charge in [0.05, 0.1) is 12.2 Å². The number of aliphatic imine (C=N–C) groups is 1. The molecule has 0 heterocycles. The largest absolute Gasteiger partial charge is 1.00 e. The molecule has 0 rings (SSSR count). The Morgan fingerprint density at radius 1 is 0.643 bits per heavy atom. The zero-order chi connectivity index (χ0) is 30.1. The topological polar surface area (TPSA) is 172 Å². The predicted octanol–water partition coefficient (Wildman–Crippen LogP) is 0.699. The van der Waals surface area contributed by atoms with Crippen molar-refractivity contribution in [2.45, 2.75) is 167 Å². The Kier molecular flexibility index (Phi) is 35.8. The minimum Gasteiger partial charge on any atom is -0.862 e. The Morgan fingerprint density at radius 3 is 1.45 bits per heavy atom. The monoisotopic (exact) mass is 659 g/mol. The predicted molar refractivity (Wildman–Crippen MR) is 157 cm³/mol.